The van der Waals surface area contributed by atoms with Crippen molar-refractivity contribution in [2.75, 3.05) is 0 Å². The van der Waals surface area contributed by atoms with Gasteiger partial charge in [0.2, 0.25) is 0 Å². The topological polar surface area (TPSA) is 17.1 Å². The lowest BCUT2D eigenvalue weighted by atomic mass is 10.3. The minimum Gasteiger partial charge on any atom is -0.307 e. The first-order valence-electron chi connectivity index (χ1n) is 2.71. The molecule has 66 valence electrons. The van der Waals surface area contributed by atoms with E-state index in [0.29, 0.717) is 0 Å². The third kappa shape index (κ3) is 2.23. The number of benzene rings is 1. The molecule has 0 atom stereocenters. The lowest BCUT2D eigenvalue weighted by molar-refractivity contribution is -0.0979. The molecule has 0 amide bonds. The van der Waals surface area contributed by atoms with Crippen molar-refractivity contribution in [3.8, 4) is 0 Å². The predicted octanol–water partition coefficient (Wildman–Crippen LogP) is 2.57. The minimum absolute atomic E-state index is 0.418. The van der Waals surface area contributed by atoms with Crippen LogP contribution < -0.4 is 0 Å². The lowest BCUT2D eigenvalue weighted by Gasteiger charge is -1.94. The smallest absolute Gasteiger partial charge is 0.195 e. The number of carbonyl (C=O) groups is 1. The van der Waals surface area contributed by atoms with Crippen molar-refractivity contribution in [3.05, 3.63) is 34.6 Å². The molecule has 0 saturated heterocycles. The van der Waals surface area contributed by atoms with Crippen LogP contribution in [0.5, 0.6) is 0 Å². The minimum atomic E-state index is -1.53. The summed E-state index contributed by atoms with van der Waals surface area (Å²) in [7, 11) is 0. The van der Waals surface area contributed by atoms with E-state index in [1.807, 2.05) is 6.79 Å². The molecule has 1 nitrogen and oxygen atoms in total. The molecule has 0 aliphatic heterocycles. The summed E-state index contributed by atoms with van der Waals surface area (Å²) in [6.07, 6.45) is 0. The maximum atomic E-state index is 12.2. The number of rotatable bonds is 0. The maximum Gasteiger partial charge on any atom is 0.195 e. The standard InChI is InChI=1S/C6H2ClF3.CH2O/c7-3-1-2-4(8)6(10)5(3)9;1-2/h1-2H;1H2. The molecule has 0 aliphatic carbocycles. The van der Waals surface area contributed by atoms with Crippen LogP contribution in [-0.2, 0) is 4.79 Å². The fourth-order valence-corrected chi connectivity index (χ4v) is 0.648. The monoisotopic (exact) mass is 196 g/mol. The molecule has 1 rings (SSSR count). The summed E-state index contributed by atoms with van der Waals surface area (Å²) >= 11 is 5.10. The highest BCUT2D eigenvalue weighted by molar-refractivity contribution is 6.30. The van der Waals surface area contributed by atoms with E-state index in [0.717, 1.165) is 12.1 Å². The summed E-state index contributed by atoms with van der Waals surface area (Å²) in [6.45, 7) is 2.00. The van der Waals surface area contributed by atoms with Crippen molar-refractivity contribution in [1.82, 2.24) is 0 Å². The Labute approximate surface area is 71.8 Å². The molecule has 0 unspecified atom stereocenters. The summed E-state index contributed by atoms with van der Waals surface area (Å²) in [5.74, 6) is -4.11. The molecular weight excluding hydrogens is 193 g/mol. The molecule has 1 aromatic carbocycles. The number of carbonyl (C=O) groups excluding carboxylic acids is 1. The van der Waals surface area contributed by atoms with Gasteiger partial charge in [-0.05, 0) is 12.1 Å². The summed E-state index contributed by atoms with van der Waals surface area (Å²) in [4.78, 5) is 8.00. The van der Waals surface area contributed by atoms with Crippen LogP contribution in [0.2, 0.25) is 5.02 Å². The Bertz CT molecular complexity index is 251. The van der Waals surface area contributed by atoms with Gasteiger partial charge in [0.25, 0.3) is 0 Å². The second-order valence-corrected chi connectivity index (χ2v) is 2.06. The largest absolute Gasteiger partial charge is 0.307 e. The van der Waals surface area contributed by atoms with E-state index in [1.54, 1.807) is 0 Å². The Morgan fingerprint density at radius 3 is 2.00 bits per heavy atom. The van der Waals surface area contributed by atoms with Crippen LogP contribution in [0.25, 0.3) is 0 Å². The van der Waals surface area contributed by atoms with Crippen LogP contribution in [0, 0.1) is 17.5 Å². The summed E-state index contributed by atoms with van der Waals surface area (Å²) in [5, 5.41) is -0.418. The van der Waals surface area contributed by atoms with Gasteiger partial charge in [-0.15, -0.1) is 0 Å². The van der Waals surface area contributed by atoms with Gasteiger partial charge in [-0.1, -0.05) is 11.6 Å². The first kappa shape index (κ1) is 11.0. The molecular formula is C7H4ClF3O. The average molecular weight is 197 g/mol. The first-order chi connectivity index (χ1) is 5.63. The van der Waals surface area contributed by atoms with Crippen LogP contribution in [0.1, 0.15) is 0 Å². The molecule has 5 heteroatoms. The Kier molecular flexibility index (Phi) is 4.36. The zero-order chi connectivity index (χ0) is 9.72. The van der Waals surface area contributed by atoms with Crippen LogP contribution in [0.4, 0.5) is 13.2 Å². The highest BCUT2D eigenvalue weighted by Gasteiger charge is 2.10. The average Bonchev–Trinajstić information content (AvgIpc) is 2.12. The van der Waals surface area contributed by atoms with Crippen molar-refractivity contribution < 1.29 is 18.0 Å². The van der Waals surface area contributed by atoms with E-state index < -0.39 is 22.5 Å². The molecule has 0 aliphatic rings. The molecule has 0 saturated carbocycles. The van der Waals surface area contributed by atoms with Crippen molar-refractivity contribution in [1.29, 1.82) is 0 Å². The van der Waals surface area contributed by atoms with E-state index >= 15 is 0 Å². The highest BCUT2D eigenvalue weighted by atomic mass is 35.5. The summed E-state index contributed by atoms with van der Waals surface area (Å²) in [6, 6.07) is 1.72. The molecule has 0 heterocycles. The van der Waals surface area contributed by atoms with Crippen LogP contribution in [0.15, 0.2) is 12.1 Å². The van der Waals surface area contributed by atoms with Gasteiger partial charge in [0.05, 0.1) is 5.02 Å². The van der Waals surface area contributed by atoms with Gasteiger partial charge in [0.15, 0.2) is 17.5 Å². The summed E-state index contributed by atoms with van der Waals surface area (Å²) < 4.78 is 36.5. The maximum absolute atomic E-state index is 12.2. The molecule has 1 aromatic rings. The van der Waals surface area contributed by atoms with Gasteiger partial charge in [-0.3, -0.25) is 0 Å². The zero-order valence-corrected chi connectivity index (χ0v) is 6.54. The zero-order valence-electron chi connectivity index (χ0n) is 5.78. The second kappa shape index (κ2) is 4.77. The van der Waals surface area contributed by atoms with Crippen molar-refractivity contribution in [2.24, 2.45) is 0 Å². The Hall–Kier alpha value is -1.03. The fraction of sp³-hybridized carbons (Fsp3) is 0. The third-order valence-electron chi connectivity index (χ3n) is 0.988. The van der Waals surface area contributed by atoms with E-state index in [1.165, 1.54) is 0 Å². The van der Waals surface area contributed by atoms with Crippen molar-refractivity contribution in [2.45, 2.75) is 0 Å². The first-order valence-corrected chi connectivity index (χ1v) is 3.08. The number of hydrogen-bond donors (Lipinski definition) is 0. The SMILES string of the molecule is C=O.Fc1ccc(Cl)c(F)c1F. The molecule has 0 aromatic heterocycles. The molecule has 0 fully saturated rings. The number of hydrogen-bond acceptors (Lipinski definition) is 1. The Balaban J connectivity index is 0.000000561. The third-order valence-corrected chi connectivity index (χ3v) is 1.28. The van der Waals surface area contributed by atoms with Gasteiger partial charge < -0.3 is 4.79 Å². The lowest BCUT2D eigenvalue weighted by Crippen LogP contribution is -1.89. The Morgan fingerprint density at radius 2 is 1.58 bits per heavy atom. The molecule has 0 N–H and O–H groups in total. The van der Waals surface area contributed by atoms with E-state index in [-0.39, 0.29) is 0 Å². The van der Waals surface area contributed by atoms with Gasteiger partial charge in [0.1, 0.15) is 6.79 Å². The predicted molar refractivity (Wildman–Crippen MR) is 38.4 cm³/mol. The van der Waals surface area contributed by atoms with Crippen LogP contribution >= 0.6 is 11.6 Å². The summed E-state index contributed by atoms with van der Waals surface area (Å²) in [5.41, 5.74) is 0. The molecule has 0 spiro atoms. The van der Waals surface area contributed by atoms with Gasteiger partial charge in [-0.25, -0.2) is 13.2 Å². The van der Waals surface area contributed by atoms with Crippen molar-refractivity contribution in [3.63, 3.8) is 0 Å². The van der Waals surface area contributed by atoms with Gasteiger partial charge in [0, 0.05) is 0 Å². The van der Waals surface area contributed by atoms with E-state index in [9.17, 15) is 13.2 Å². The van der Waals surface area contributed by atoms with Gasteiger partial charge >= 0.3 is 0 Å². The van der Waals surface area contributed by atoms with Crippen LogP contribution in [-0.4, -0.2) is 6.79 Å². The fourth-order valence-electron chi connectivity index (χ4n) is 0.502. The molecule has 12 heavy (non-hydrogen) atoms. The van der Waals surface area contributed by atoms with E-state index in [4.69, 9.17) is 16.4 Å². The highest BCUT2D eigenvalue weighted by Crippen LogP contribution is 2.18. The normalized spacial score (nSPS) is 8.67. The number of halogens is 4. The van der Waals surface area contributed by atoms with E-state index in [2.05, 4.69) is 0 Å². The Morgan fingerprint density at radius 1 is 1.08 bits per heavy atom. The van der Waals surface area contributed by atoms with Gasteiger partial charge in [-0.2, -0.15) is 0 Å². The molecule has 0 bridgehead atoms. The van der Waals surface area contributed by atoms with Crippen LogP contribution in [0.3, 0.4) is 0 Å². The quantitative estimate of drug-likeness (QED) is 0.460. The van der Waals surface area contributed by atoms with Crippen molar-refractivity contribution >= 4 is 18.4 Å². The second-order valence-electron chi connectivity index (χ2n) is 1.66. The molecule has 0 radical (unpaired) electrons.